The quantitative estimate of drug-likeness (QED) is 0.778. The maximum Gasteiger partial charge on any atom is 0.135 e. The summed E-state index contributed by atoms with van der Waals surface area (Å²) in [5.74, 6) is -1.44. The molecule has 4 heteroatoms. The van der Waals surface area contributed by atoms with Gasteiger partial charge in [0.15, 0.2) is 0 Å². The van der Waals surface area contributed by atoms with Gasteiger partial charge in [0.1, 0.15) is 11.6 Å². The molecule has 0 aliphatic heterocycles. The summed E-state index contributed by atoms with van der Waals surface area (Å²) < 4.78 is 26.7. The number of aliphatic hydroxyl groups excluding tert-OH is 1. The van der Waals surface area contributed by atoms with E-state index in [-0.39, 0.29) is 12.1 Å². The Morgan fingerprint density at radius 3 is 2.57 bits per heavy atom. The van der Waals surface area contributed by atoms with Crippen molar-refractivity contribution in [1.82, 2.24) is 0 Å². The molecule has 0 radical (unpaired) electrons. The molecule has 0 aliphatic rings. The van der Waals surface area contributed by atoms with E-state index in [1.807, 2.05) is 0 Å². The van der Waals surface area contributed by atoms with Crippen LogP contribution in [0.25, 0.3) is 0 Å². The lowest BCUT2D eigenvalue weighted by atomic mass is 10.0. The van der Waals surface area contributed by atoms with Crippen LogP contribution in [0.4, 0.5) is 8.78 Å². The first-order valence-electron chi connectivity index (χ1n) is 4.46. The molecule has 0 saturated carbocycles. The van der Waals surface area contributed by atoms with Gasteiger partial charge in [-0.2, -0.15) is 0 Å². The zero-order chi connectivity index (χ0) is 10.7. The molecule has 3 N–H and O–H groups in total. The summed E-state index contributed by atoms with van der Waals surface area (Å²) in [6, 6.07) is 2.52. The molecule has 1 rings (SSSR count). The molecule has 78 valence electrons. The molecule has 0 heterocycles. The van der Waals surface area contributed by atoms with Crippen LogP contribution in [0.2, 0.25) is 0 Å². The smallest absolute Gasteiger partial charge is 0.135 e. The second kappa shape index (κ2) is 4.48. The fraction of sp³-hybridized carbons (Fsp3) is 0.400. The molecule has 0 spiro atoms. The second-order valence-electron chi connectivity index (χ2n) is 3.04. The maximum atomic E-state index is 13.5. The van der Waals surface area contributed by atoms with E-state index in [2.05, 4.69) is 0 Å². The van der Waals surface area contributed by atoms with Crippen LogP contribution < -0.4 is 5.73 Å². The first-order valence-corrected chi connectivity index (χ1v) is 4.46. The van der Waals surface area contributed by atoms with E-state index in [1.165, 1.54) is 6.07 Å². The monoisotopic (exact) mass is 201 g/mol. The molecular formula is C10H13F2NO. The number of nitrogens with two attached hydrogens (primary N) is 1. The van der Waals surface area contributed by atoms with Crippen LogP contribution in [-0.2, 0) is 6.42 Å². The predicted octanol–water partition coefficient (Wildman–Crippen LogP) is 1.52. The highest BCUT2D eigenvalue weighted by Gasteiger charge is 2.18. The van der Waals surface area contributed by atoms with Crippen LogP contribution in [0, 0.1) is 11.6 Å². The molecule has 0 saturated heterocycles. The summed E-state index contributed by atoms with van der Waals surface area (Å²) in [5, 5.41) is 9.31. The van der Waals surface area contributed by atoms with E-state index < -0.39 is 17.7 Å². The van der Waals surface area contributed by atoms with Crippen molar-refractivity contribution < 1.29 is 13.9 Å². The van der Waals surface area contributed by atoms with E-state index in [4.69, 9.17) is 5.73 Å². The Labute approximate surface area is 81.4 Å². The minimum absolute atomic E-state index is 0.193. The molecule has 0 bridgehead atoms. The number of halogens is 2. The van der Waals surface area contributed by atoms with Crippen molar-refractivity contribution in [3.63, 3.8) is 0 Å². The fourth-order valence-corrected chi connectivity index (χ4v) is 1.31. The van der Waals surface area contributed by atoms with Gasteiger partial charge in [0.05, 0.1) is 11.7 Å². The van der Waals surface area contributed by atoms with Crippen LogP contribution in [0.5, 0.6) is 0 Å². The Hall–Kier alpha value is -1.00. The second-order valence-corrected chi connectivity index (χ2v) is 3.04. The van der Waals surface area contributed by atoms with Gasteiger partial charge in [-0.15, -0.1) is 0 Å². The van der Waals surface area contributed by atoms with Gasteiger partial charge in [-0.3, -0.25) is 0 Å². The van der Waals surface area contributed by atoms with Gasteiger partial charge in [-0.05, 0) is 18.1 Å². The van der Waals surface area contributed by atoms with Crippen LogP contribution in [0.15, 0.2) is 12.1 Å². The van der Waals surface area contributed by atoms with Gasteiger partial charge < -0.3 is 10.8 Å². The molecule has 1 aromatic carbocycles. The fourth-order valence-electron chi connectivity index (χ4n) is 1.31. The minimum atomic E-state index is -1.28. The Kier molecular flexibility index (Phi) is 3.55. The third-order valence-electron chi connectivity index (χ3n) is 2.14. The lowest BCUT2D eigenvalue weighted by Gasteiger charge is -2.12. The molecule has 2 nitrogen and oxygen atoms in total. The van der Waals surface area contributed by atoms with Crippen molar-refractivity contribution >= 4 is 0 Å². The summed E-state index contributed by atoms with van der Waals surface area (Å²) in [4.78, 5) is 0. The number of benzene rings is 1. The zero-order valence-electron chi connectivity index (χ0n) is 7.93. The van der Waals surface area contributed by atoms with Crippen LogP contribution in [-0.4, -0.2) is 11.7 Å². The molecule has 14 heavy (non-hydrogen) atoms. The number of hydrogen-bond donors (Lipinski definition) is 2. The summed E-state index contributed by atoms with van der Waals surface area (Å²) in [6.07, 6.45) is -0.822. The highest BCUT2D eigenvalue weighted by Crippen LogP contribution is 2.23. The van der Waals surface area contributed by atoms with E-state index >= 15 is 0 Å². The van der Waals surface area contributed by atoms with E-state index in [1.54, 1.807) is 6.92 Å². The third-order valence-corrected chi connectivity index (χ3v) is 2.14. The average molecular weight is 201 g/mol. The number of hydrogen-bond acceptors (Lipinski definition) is 2. The Bertz CT molecular complexity index is 328. The molecule has 1 atom stereocenters. The summed E-state index contributed by atoms with van der Waals surface area (Å²) in [7, 11) is 0. The Morgan fingerprint density at radius 2 is 2.07 bits per heavy atom. The van der Waals surface area contributed by atoms with E-state index in [0.717, 1.165) is 6.07 Å². The molecule has 1 aromatic rings. The number of aryl methyl sites for hydroxylation is 1. The Balaban J connectivity index is 3.25. The molecule has 0 amide bonds. The highest BCUT2D eigenvalue weighted by molar-refractivity contribution is 5.29. The summed E-state index contributed by atoms with van der Waals surface area (Å²) >= 11 is 0. The van der Waals surface area contributed by atoms with E-state index in [9.17, 15) is 13.9 Å². The summed E-state index contributed by atoms with van der Waals surface area (Å²) in [6.45, 7) is 1.57. The maximum absolute atomic E-state index is 13.5. The molecule has 0 aromatic heterocycles. The third kappa shape index (κ3) is 1.91. The van der Waals surface area contributed by atoms with Gasteiger partial charge in [-0.25, -0.2) is 8.78 Å². The summed E-state index contributed by atoms with van der Waals surface area (Å²) in [5.41, 5.74) is 5.21. The van der Waals surface area contributed by atoms with Crippen molar-refractivity contribution in [3.8, 4) is 0 Å². The van der Waals surface area contributed by atoms with Crippen LogP contribution in [0.3, 0.4) is 0 Å². The zero-order valence-corrected chi connectivity index (χ0v) is 7.93. The largest absolute Gasteiger partial charge is 0.387 e. The number of rotatable bonds is 3. The Morgan fingerprint density at radius 1 is 1.43 bits per heavy atom. The highest BCUT2D eigenvalue weighted by atomic mass is 19.1. The molecule has 1 unspecified atom stereocenters. The number of aliphatic hydroxyl groups is 1. The van der Waals surface area contributed by atoms with Gasteiger partial charge in [0, 0.05) is 6.54 Å². The van der Waals surface area contributed by atoms with Gasteiger partial charge in [-0.1, -0.05) is 13.0 Å². The van der Waals surface area contributed by atoms with Gasteiger partial charge in [0.2, 0.25) is 0 Å². The van der Waals surface area contributed by atoms with Gasteiger partial charge >= 0.3 is 0 Å². The molecule has 0 fully saturated rings. The SMILES string of the molecule is CCc1ccc(F)c(C(O)CN)c1F. The van der Waals surface area contributed by atoms with Crippen molar-refractivity contribution in [3.05, 3.63) is 34.9 Å². The van der Waals surface area contributed by atoms with Crippen LogP contribution in [0.1, 0.15) is 24.2 Å². The van der Waals surface area contributed by atoms with Crippen molar-refractivity contribution in [2.45, 2.75) is 19.4 Å². The minimum Gasteiger partial charge on any atom is -0.387 e. The lowest BCUT2D eigenvalue weighted by Crippen LogP contribution is -2.15. The van der Waals surface area contributed by atoms with Crippen molar-refractivity contribution in [2.24, 2.45) is 5.73 Å². The van der Waals surface area contributed by atoms with E-state index in [0.29, 0.717) is 12.0 Å². The van der Waals surface area contributed by atoms with Gasteiger partial charge in [0.25, 0.3) is 0 Å². The average Bonchev–Trinajstić information content (AvgIpc) is 2.18. The topological polar surface area (TPSA) is 46.2 Å². The van der Waals surface area contributed by atoms with Crippen LogP contribution >= 0.6 is 0 Å². The lowest BCUT2D eigenvalue weighted by molar-refractivity contribution is 0.176. The first kappa shape index (κ1) is 11.1. The van der Waals surface area contributed by atoms with Crippen molar-refractivity contribution in [2.75, 3.05) is 6.54 Å². The molecule has 0 aliphatic carbocycles. The molecular weight excluding hydrogens is 188 g/mol. The standard InChI is InChI=1S/C10H13F2NO/c1-2-6-3-4-7(11)9(10(6)12)8(14)5-13/h3-4,8,14H,2,5,13H2,1H3. The first-order chi connectivity index (χ1) is 6.61. The predicted molar refractivity (Wildman–Crippen MR) is 49.8 cm³/mol. The van der Waals surface area contributed by atoms with Crippen molar-refractivity contribution in [1.29, 1.82) is 0 Å². The normalized spacial score (nSPS) is 12.9.